The van der Waals surface area contributed by atoms with Crippen molar-refractivity contribution in [2.24, 2.45) is 23.7 Å². The Morgan fingerprint density at radius 3 is 2.19 bits per heavy atom. The molecule has 0 N–H and O–H groups in total. The van der Waals surface area contributed by atoms with Crippen LogP contribution < -0.4 is 0 Å². The van der Waals surface area contributed by atoms with Gasteiger partial charge in [0.25, 0.3) is 0 Å². The molecule has 0 aromatic heterocycles. The first-order valence-electron chi connectivity index (χ1n) is 9.64. The Labute approximate surface area is 153 Å². The third kappa shape index (κ3) is 2.45. The Morgan fingerprint density at radius 2 is 1.58 bits per heavy atom. The van der Waals surface area contributed by atoms with Gasteiger partial charge in [0.05, 0.1) is 31.1 Å². The summed E-state index contributed by atoms with van der Waals surface area (Å²) in [6, 6.07) is 10.3. The Bertz CT molecular complexity index is 711. The van der Waals surface area contributed by atoms with Crippen molar-refractivity contribution in [3.05, 3.63) is 48.0 Å². The topological polar surface area (TPSA) is 49.9 Å². The fourth-order valence-corrected chi connectivity index (χ4v) is 5.31. The van der Waals surface area contributed by atoms with Crippen LogP contribution in [0.2, 0.25) is 0 Å². The van der Waals surface area contributed by atoms with E-state index < -0.39 is 0 Å². The zero-order valence-corrected chi connectivity index (χ0v) is 14.8. The second kappa shape index (κ2) is 6.32. The van der Waals surface area contributed by atoms with Crippen LogP contribution in [-0.2, 0) is 14.3 Å². The Kier molecular flexibility index (Phi) is 3.94. The molecule has 1 saturated carbocycles. The van der Waals surface area contributed by atoms with E-state index in [0.717, 1.165) is 25.1 Å². The predicted molar refractivity (Wildman–Crippen MR) is 96.0 cm³/mol. The number of carbonyl (C=O) groups excluding carboxylic acids is 2. The van der Waals surface area contributed by atoms with E-state index in [1.54, 1.807) is 4.90 Å². The number of hydrogen-bond donors (Lipinski definition) is 0. The van der Waals surface area contributed by atoms with Gasteiger partial charge in [-0.05, 0) is 23.8 Å². The Morgan fingerprint density at radius 1 is 0.962 bits per heavy atom. The molecule has 2 bridgehead atoms. The van der Waals surface area contributed by atoms with E-state index in [1.165, 1.54) is 0 Å². The molecule has 0 spiro atoms. The Hall–Kier alpha value is -1.98. The van der Waals surface area contributed by atoms with E-state index in [2.05, 4.69) is 29.2 Å². The van der Waals surface area contributed by atoms with Gasteiger partial charge in [-0.15, -0.1) is 0 Å². The van der Waals surface area contributed by atoms with Crippen molar-refractivity contribution >= 4 is 11.8 Å². The summed E-state index contributed by atoms with van der Waals surface area (Å²) in [6.45, 7) is 3.51. The summed E-state index contributed by atoms with van der Waals surface area (Å²) >= 11 is 0. The van der Waals surface area contributed by atoms with Crippen LogP contribution in [0.4, 0.5) is 0 Å². The van der Waals surface area contributed by atoms with Crippen LogP contribution in [0.5, 0.6) is 0 Å². The van der Waals surface area contributed by atoms with Crippen molar-refractivity contribution in [1.82, 2.24) is 9.80 Å². The number of nitrogens with zero attached hydrogens (tertiary/aromatic N) is 2. The summed E-state index contributed by atoms with van der Waals surface area (Å²) in [7, 11) is 0. The van der Waals surface area contributed by atoms with Crippen molar-refractivity contribution in [2.75, 3.05) is 32.8 Å². The van der Waals surface area contributed by atoms with E-state index >= 15 is 0 Å². The largest absolute Gasteiger partial charge is 0.379 e. The van der Waals surface area contributed by atoms with Gasteiger partial charge in [-0.2, -0.15) is 0 Å². The molecule has 5 nitrogen and oxygen atoms in total. The van der Waals surface area contributed by atoms with E-state index in [4.69, 9.17) is 4.74 Å². The minimum Gasteiger partial charge on any atom is -0.379 e. The summed E-state index contributed by atoms with van der Waals surface area (Å²) in [5, 5.41) is 0. The summed E-state index contributed by atoms with van der Waals surface area (Å²) in [5.74, 6) is 0.407. The molecule has 5 atom stereocenters. The summed E-state index contributed by atoms with van der Waals surface area (Å²) < 4.78 is 5.50. The number of rotatable bonds is 4. The van der Waals surface area contributed by atoms with Gasteiger partial charge in [0.1, 0.15) is 0 Å². The van der Waals surface area contributed by atoms with Gasteiger partial charge in [0.2, 0.25) is 11.8 Å². The number of morpholine rings is 1. The third-order valence-electron chi connectivity index (χ3n) is 6.59. The van der Waals surface area contributed by atoms with Crippen molar-refractivity contribution in [2.45, 2.75) is 12.5 Å². The standard InChI is InChI=1S/C21H24N2O3/c24-20-18-15-6-7-16(12-15)19(18)21(25)23(20)13-17(14-4-2-1-3-5-14)22-8-10-26-11-9-22/h1-7,15-19H,8-13H2. The predicted octanol–water partition coefficient (Wildman–Crippen LogP) is 1.87. The molecule has 5 heteroatoms. The smallest absolute Gasteiger partial charge is 0.233 e. The lowest BCUT2D eigenvalue weighted by Crippen LogP contribution is -2.45. The number of hydrogen-bond acceptors (Lipinski definition) is 4. The minimum atomic E-state index is -0.112. The van der Waals surface area contributed by atoms with Gasteiger partial charge in [-0.1, -0.05) is 42.5 Å². The number of carbonyl (C=O) groups is 2. The van der Waals surface area contributed by atoms with Crippen molar-refractivity contribution < 1.29 is 14.3 Å². The van der Waals surface area contributed by atoms with Crippen LogP contribution in [0, 0.1) is 23.7 Å². The highest BCUT2D eigenvalue weighted by atomic mass is 16.5. The second-order valence-electron chi connectivity index (χ2n) is 7.86. The van der Waals surface area contributed by atoms with E-state index in [1.807, 2.05) is 18.2 Å². The molecule has 2 saturated heterocycles. The minimum absolute atomic E-state index is 0.0393. The maximum atomic E-state index is 13.1. The number of benzene rings is 1. The Balaban J connectivity index is 1.42. The first-order chi connectivity index (χ1) is 12.7. The molecule has 5 unspecified atom stereocenters. The fourth-order valence-electron chi connectivity index (χ4n) is 5.31. The lowest BCUT2D eigenvalue weighted by molar-refractivity contribution is -0.142. The van der Waals surface area contributed by atoms with Crippen LogP contribution >= 0.6 is 0 Å². The van der Waals surface area contributed by atoms with E-state index in [9.17, 15) is 9.59 Å². The maximum absolute atomic E-state index is 13.1. The number of amides is 2. The lowest BCUT2D eigenvalue weighted by atomic mass is 9.85. The number of fused-ring (bicyclic) bond motifs is 5. The summed E-state index contributed by atoms with van der Waals surface area (Å²) in [5.41, 5.74) is 1.16. The second-order valence-corrected chi connectivity index (χ2v) is 7.86. The van der Waals surface area contributed by atoms with Gasteiger partial charge in [0, 0.05) is 19.6 Å². The van der Waals surface area contributed by atoms with Crippen molar-refractivity contribution in [3.8, 4) is 0 Å². The highest BCUT2D eigenvalue weighted by Gasteiger charge is 2.59. The third-order valence-corrected chi connectivity index (χ3v) is 6.59. The van der Waals surface area contributed by atoms with Crippen LogP contribution in [0.3, 0.4) is 0 Å². The van der Waals surface area contributed by atoms with E-state index in [0.29, 0.717) is 19.8 Å². The molecule has 2 heterocycles. The molecule has 2 amide bonds. The van der Waals surface area contributed by atoms with Gasteiger partial charge in [-0.3, -0.25) is 19.4 Å². The molecule has 3 fully saturated rings. The molecule has 2 aliphatic heterocycles. The maximum Gasteiger partial charge on any atom is 0.233 e. The lowest BCUT2D eigenvalue weighted by Gasteiger charge is -2.36. The van der Waals surface area contributed by atoms with Gasteiger partial charge < -0.3 is 4.74 Å². The number of ether oxygens (including phenoxy) is 1. The monoisotopic (exact) mass is 352 g/mol. The molecule has 2 aliphatic carbocycles. The van der Waals surface area contributed by atoms with Gasteiger partial charge in [-0.25, -0.2) is 0 Å². The average Bonchev–Trinajstić information content (AvgIpc) is 3.36. The fraction of sp³-hybridized carbons (Fsp3) is 0.524. The molecule has 0 radical (unpaired) electrons. The zero-order valence-electron chi connectivity index (χ0n) is 14.8. The first-order valence-corrected chi connectivity index (χ1v) is 9.64. The van der Waals surface area contributed by atoms with Crippen LogP contribution in [0.1, 0.15) is 18.0 Å². The molecule has 1 aromatic rings. The van der Waals surface area contributed by atoms with Gasteiger partial charge in [0.15, 0.2) is 0 Å². The molecule has 1 aromatic carbocycles. The van der Waals surface area contributed by atoms with Gasteiger partial charge >= 0.3 is 0 Å². The van der Waals surface area contributed by atoms with Crippen molar-refractivity contribution in [1.29, 1.82) is 0 Å². The molecular weight excluding hydrogens is 328 g/mol. The van der Waals surface area contributed by atoms with Crippen LogP contribution in [0.15, 0.2) is 42.5 Å². The summed E-state index contributed by atoms with van der Waals surface area (Å²) in [4.78, 5) is 30.0. The van der Waals surface area contributed by atoms with Crippen LogP contribution in [-0.4, -0.2) is 54.5 Å². The van der Waals surface area contributed by atoms with E-state index in [-0.39, 0.29) is 41.5 Å². The highest BCUT2D eigenvalue weighted by molar-refractivity contribution is 6.06. The molecular formula is C21H24N2O3. The average molecular weight is 352 g/mol. The first kappa shape index (κ1) is 16.2. The number of likely N-dealkylation sites (tertiary alicyclic amines) is 1. The number of imide groups is 1. The summed E-state index contributed by atoms with van der Waals surface area (Å²) in [6.07, 6.45) is 5.28. The molecule has 4 aliphatic rings. The molecule has 26 heavy (non-hydrogen) atoms. The molecule has 136 valence electrons. The quantitative estimate of drug-likeness (QED) is 0.613. The van der Waals surface area contributed by atoms with Crippen molar-refractivity contribution in [3.63, 3.8) is 0 Å². The number of allylic oxidation sites excluding steroid dienone is 2. The normalized spacial score (nSPS) is 34.5. The molecule has 5 rings (SSSR count). The zero-order chi connectivity index (χ0) is 17.7. The van der Waals surface area contributed by atoms with Crippen LogP contribution in [0.25, 0.3) is 0 Å². The highest BCUT2D eigenvalue weighted by Crippen LogP contribution is 2.52. The SMILES string of the molecule is O=C1C2C3C=CC(C3)C2C(=O)N1CC(c1ccccc1)N1CCOCC1.